The lowest BCUT2D eigenvalue weighted by Gasteiger charge is -2.22. The van der Waals surface area contributed by atoms with E-state index in [1.54, 1.807) is 0 Å². The Morgan fingerprint density at radius 1 is 0.444 bits per heavy atom. The van der Waals surface area contributed by atoms with Gasteiger partial charge in [-0.2, -0.15) is 0 Å². The van der Waals surface area contributed by atoms with Gasteiger partial charge < -0.3 is 0 Å². The Labute approximate surface area is 163 Å². The van der Waals surface area contributed by atoms with Crippen LogP contribution in [0.3, 0.4) is 0 Å². The van der Waals surface area contributed by atoms with E-state index in [-0.39, 0.29) is 7.92 Å². The third-order valence-corrected chi connectivity index (χ3v) is 7.33. The van der Waals surface area contributed by atoms with Crippen LogP contribution in [-0.2, 0) is 12.3 Å². The molecule has 0 aliphatic rings. The zero-order valence-electron chi connectivity index (χ0n) is 15.3. The van der Waals surface area contributed by atoms with Crippen molar-refractivity contribution in [2.75, 3.05) is 0 Å². The van der Waals surface area contributed by atoms with Gasteiger partial charge >= 0.3 is 0 Å². The first-order valence-corrected chi connectivity index (χ1v) is 11.1. The largest absolute Gasteiger partial charge is 0.0657 e. The van der Waals surface area contributed by atoms with Gasteiger partial charge in [0.15, 0.2) is 0 Å². The summed E-state index contributed by atoms with van der Waals surface area (Å²) in [7, 11) is -0.353. The molecular weight excluding hydrogens is 343 g/mol. The fraction of sp³-hybridized carbons (Fsp3) is 0.0769. The van der Waals surface area contributed by atoms with E-state index in [2.05, 4.69) is 115 Å². The molecule has 0 heterocycles. The highest BCUT2D eigenvalue weighted by atomic mass is 31.1. The van der Waals surface area contributed by atoms with Gasteiger partial charge in [0.1, 0.15) is 0 Å². The fourth-order valence-corrected chi connectivity index (χ4v) is 6.04. The number of benzene rings is 4. The van der Waals surface area contributed by atoms with Gasteiger partial charge in [-0.3, -0.25) is 0 Å². The second-order valence-electron chi connectivity index (χ2n) is 6.71. The molecule has 0 saturated heterocycles. The maximum atomic E-state index is 2.33. The third kappa shape index (κ3) is 4.54. The first kappa shape index (κ1) is 17.7. The van der Waals surface area contributed by atoms with Crippen molar-refractivity contribution in [2.45, 2.75) is 12.3 Å². The van der Waals surface area contributed by atoms with Gasteiger partial charge in [0.2, 0.25) is 0 Å². The standard InChI is InChI=1S/C26H23P/c1-4-12-22(13-5-1)20-27(21-23-14-6-2-7-15-23)26-19-11-10-18-25(26)24-16-8-3-9-17-24/h1-19H,20-21H2. The average molecular weight is 366 g/mol. The minimum absolute atomic E-state index is 0.353. The molecule has 0 radical (unpaired) electrons. The van der Waals surface area contributed by atoms with Crippen LogP contribution in [0.1, 0.15) is 11.1 Å². The summed E-state index contributed by atoms with van der Waals surface area (Å²) in [6.07, 6.45) is 2.21. The molecule has 0 aliphatic heterocycles. The van der Waals surface area contributed by atoms with Gasteiger partial charge in [-0.15, -0.1) is 0 Å². The van der Waals surface area contributed by atoms with Crippen molar-refractivity contribution in [1.82, 2.24) is 0 Å². The highest BCUT2D eigenvalue weighted by Crippen LogP contribution is 2.45. The summed E-state index contributed by atoms with van der Waals surface area (Å²) in [6.45, 7) is 0. The average Bonchev–Trinajstić information content (AvgIpc) is 2.75. The summed E-state index contributed by atoms with van der Waals surface area (Å²) >= 11 is 0. The minimum atomic E-state index is -0.353. The lowest BCUT2D eigenvalue weighted by atomic mass is 10.1. The van der Waals surface area contributed by atoms with Crippen LogP contribution in [0.5, 0.6) is 0 Å². The minimum Gasteiger partial charge on any atom is -0.0657 e. The van der Waals surface area contributed by atoms with E-state index >= 15 is 0 Å². The van der Waals surface area contributed by atoms with Crippen molar-refractivity contribution in [1.29, 1.82) is 0 Å². The zero-order valence-corrected chi connectivity index (χ0v) is 16.2. The van der Waals surface area contributed by atoms with E-state index in [0.29, 0.717) is 0 Å². The molecule has 4 aromatic carbocycles. The van der Waals surface area contributed by atoms with Gasteiger partial charge in [-0.1, -0.05) is 123 Å². The Balaban J connectivity index is 1.74. The first-order chi connectivity index (χ1) is 13.4. The molecule has 0 bridgehead atoms. The Morgan fingerprint density at radius 2 is 0.889 bits per heavy atom. The number of hydrogen-bond acceptors (Lipinski definition) is 0. The Bertz CT molecular complexity index is 921. The molecule has 0 N–H and O–H groups in total. The summed E-state index contributed by atoms with van der Waals surface area (Å²) in [5, 5.41) is 1.49. The van der Waals surface area contributed by atoms with Crippen LogP contribution in [0.25, 0.3) is 11.1 Å². The molecule has 0 spiro atoms. The normalized spacial score (nSPS) is 10.9. The molecule has 132 valence electrons. The van der Waals surface area contributed by atoms with Crippen LogP contribution in [0, 0.1) is 0 Å². The van der Waals surface area contributed by atoms with Gasteiger partial charge in [-0.25, -0.2) is 0 Å². The number of hydrogen-bond donors (Lipinski definition) is 0. The predicted octanol–water partition coefficient (Wildman–Crippen LogP) is 6.86. The van der Waals surface area contributed by atoms with E-state index in [0.717, 1.165) is 12.3 Å². The van der Waals surface area contributed by atoms with E-state index in [1.165, 1.54) is 27.6 Å². The van der Waals surface area contributed by atoms with Crippen molar-refractivity contribution < 1.29 is 0 Å². The number of rotatable bonds is 6. The monoisotopic (exact) mass is 366 g/mol. The van der Waals surface area contributed by atoms with Crippen molar-refractivity contribution in [3.8, 4) is 11.1 Å². The lowest BCUT2D eigenvalue weighted by molar-refractivity contribution is 1.33. The molecular formula is C26H23P. The molecule has 1 heteroatoms. The SMILES string of the molecule is c1ccc(CP(Cc2ccccc2)c2ccccc2-c2ccccc2)cc1. The molecule has 0 atom stereocenters. The van der Waals surface area contributed by atoms with Crippen LogP contribution in [0.2, 0.25) is 0 Å². The summed E-state index contributed by atoms with van der Waals surface area (Å²) in [5.74, 6) is 0. The molecule has 0 fully saturated rings. The van der Waals surface area contributed by atoms with Crippen LogP contribution in [0.4, 0.5) is 0 Å². The van der Waals surface area contributed by atoms with E-state index in [1.807, 2.05) is 0 Å². The molecule has 0 saturated carbocycles. The molecule has 4 rings (SSSR count). The molecule has 4 aromatic rings. The topological polar surface area (TPSA) is 0 Å². The van der Waals surface area contributed by atoms with Crippen LogP contribution >= 0.6 is 7.92 Å². The lowest BCUT2D eigenvalue weighted by Crippen LogP contribution is -2.08. The Hall–Kier alpha value is -2.69. The summed E-state index contributed by atoms with van der Waals surface area (Å²) < 4.78 is 0. The second kappa shape index (κ2) is 8.80. The van der Waals surface area contributed by atoms with Crippen LogP contribution in [-0.4, -0.2) is 0 Å². The van der Waals surface area contributed by atoms with Gasteiger partial charge in [0.05, 0.1) is 0 Å². The predicted molar refractivity (Wildman–Crippen MR) is 119 cm³/mol. The smallest absolute Gasteiger partial charge is 0.00296 e. The molecule has 27 heavy (non-hydrogen) atoms. The summed E-state index contributed by atoms with van der Waals surface area (Å²) in [6, 6.07) is 41.5. The highest BCUT2D eigenvalue weighted by molar-refractivity contribution is 7.64. The maximum absolute atomic E-state index is 2.33. The Kier molecular flexibility index (Phi) is 5.77. The molecule has 0 nitrogen and oxygen atoms in total. The quantitative estimate of drug-likeness (QED) is 0.327. The summed E-state index contributed by atoms with van der Waals surface area (Å²) in [4.78, 5) is 0. The second-order valence-corrected chi connectivity index (χ2v) is 8.90. The zero-order chi connectivity index (χ0) is 18.3. The molecule has 0 aromatic heterocycles. The fourth-order valence-electron chi connectivity index (χ4n) is 3.45. The van der Waals surface area contributed by atoms with Crippen molar-refractivity contribution in [3.05, 3.63) is 126 Å². The van der Waals surface area contributed by atoms with Crippen LogP contribution in [0.15, 0.2) is 115 Å². The Morgan fingerprint density at radius 3 is 1.44 bits per heavy atom. The highest BCUT2D eigenvalue weighted by Gasteiger charge is 2.17. The van der Waals surface area contributed by atoms with Gasteiger partial charge in [-0.05, 0) is 39.9 Å². The molecule has 0 aliphatic carbocycles. The third-order valence-electron chi connectivity index (χ3n) is 4.76. The van der Waals surface area contributed by atoms with Crippen molar-refractivity contribution >= 4 is 13.2 Å². The van der Waals surface area contributed by atoms with Crippen molar-refractivity contribution in [2.24, 2.45) is 0 Å². The van der Waals surface area contributed by atoms with Gasteiger partial charge in [0, 0.05) is 0 Å². The first-order valence-electron chi connectivity index (χ1n) is 9.37. The summed E-state index contributed by atoms with van der Waals surface area (Å²) in [5.41, 5.74) is 5.52. The van der Waals surface area contributed by atoms with Crippen LogP contribution < -0.4 is 5.30 Å². The van der Waals surface area contributed by atoms with E-state index in [4.69, 9.17) is 0 Å². The van der Waals surface area contributed by atoms with E-state index < -0.39 is 0 Å². The maximum Gasteiger partial charge on any atom is -0.00296 e. The van der Waals surface area contributed by atoms with E-state index in [9.17, 15) is 0 Å². The molecule has 0 amide bonds. The van der Waals surface area contributed by atoms with Crippen molar-refractivity contribution in [3.63, 3.8) is 0 Å². The van der Waals surface area contributed by atoms with Gasteiger partial charge in [0.25, 0.3) is 0 Å². The molecule has 0 unspecified atom stereocenters.